The van der Waals surface area contributed by atoms with Crippen LogP contribution in [0.4, 0.5) is 0 Å². The summed E-state index contributed by atoms with van der Waals surface area (Å²) in [7, 11) is 0. The molecule has 0 aromatic carbocycles. The van der Waals surface area contributed by atoms with Gasteiger partial charge in [0, 0.05) is 12.1 Å². The molecular weight excluding hydrogens is 176 g/mol. The van der Waals surface area contributed by atoms with Crippen LogP contribution in [0.2, 0.25) is 0 Å². The van der Waals surface area contributed by atoms with Crippen molar-refractivity contribution in [3.8, 4) is 0 Å². The van der Waals surface area contributed by atoms with Crippen molar-refractivity contribution >= 4 is 5.91 Å². The van der Waals surface area contributed by atoms with Gasteiger partial charge in [0.05, 0.1) is 6.04 Å². The zero-order valence-corrected chi connectivity index (χ0v) is 9.10. The average Bonchev–Trinajstić information content (AvgIpc) is 2.18. The molecule has 1 saturated carbocycles. The Morgan fingerprint density at radius 2 is 1.93 bits per heavy atom. The number of carbonyl (C=O) groups is 1. The topological polar surface area (TPSA) is 41.1 Å². The Morgan fingerprint density at radius 3 is 2.50 bits per heavy atom. The van der Waals surface area contributed by atoms with E-state index in [4.69, 9.17) is 0 Å². The molecule has 1 heterocycles. The fourth-order valence-electron chi connectivity index (χ4n) is 2.62. The Hall–Kier alpha value is -0.570. The minimum absolute atomic E-state index is 0.0165. The highest BCUT2D eigenvalue weighted by molar-refractivity contribution is 5.82. The van der Waals surface area contributed by atoms with Gasteiger partial charge in [0.1, 0.15) is 0 Å². The van der Waals surface area contributed by atoms with Gasteiger partial charge in [-0.1, -0.05) is 6.92 Å². The van der Waals surface area contributed by atoms with Gasteiger partial charge in [0.25, 0.3) is 0 Å². The largest absolute Gasteiger partial charge is 0.353 e. The van der Waals surface area contributed by atoms with E-state index in [9.17, 15) is 4.79 Å². The quantitative estimate of drug-likeness (QED) is 0.608. The SMILES string of the molecule is CC1CCC2(CC1)CNC(=O)[C@@H](C)N2. The number of nitrogens with one attached hydrogen (secondary N) is 2. The second-order valence-corrected chi connectivity index (χ2v) is 5.05. The van der Waals surface area contributed by atoms with Crippen molar-refractivity contribution in [3.05, 3.63) is 0 Å². The van der Waals surface area contributed by atoms with Crippen molar-refractivity contribution in [2.75, 3.05) is 6.54 Å². The summed E-state index contributed by atoms with van der Waals surface area (Å²) in [6.45, 7) is 5.09. The molecule has 0 radical (unpaired) electrons. The summed E-state index contributed by atoms with van der Waals surface area (Å²) in [4.78, 5) is 11.3. The third kappa shape index (κ3) is 1.78. The van der Waals surface area contributed by atoms with Gasteiger partial charge in [-0.25, -0.2) is 0 Å². The summed E-state index contributed by atoms with van der Waals surface area (Å²) in [5.41, 5.74) is 0.208. The van der Waals surface area contributed by atoms with Crippen molar-refractivity contribution in [1.82, 2.24) is 10.6 Å². The number of amides is 1. The number of piperazine rings is 1. The molecule has 1 aliphatic heterocycles. The average molecular weight is 196 g/mol. The van der Waals surface area contributed by atoms with Gasteiger partial charge in [-0.05, 0) is 38.5 Å². The van der Waals surface area contributed by atoms with Crippen LogP contribution >= 0.6 is 0 Å². The van der Waals surface area contributed by atoms with Crippen LogP contribution in [0.5, 0.6) is 0 Å². The summed E-state index contributed by atoms with van der Waals surface area (Å²) >= 11 is 0. The predicted octanol–water partition coefficient (Wildman–Crippen LogP) is 1.04. The summed E-state index contributed by atoms with van der Waals surface area (Å²) in [6, 6.07) is -0.0165. The van der Waals surface area contributed by atoms with Crippen LogP contribution < -0.4 is 10.6 Å². The first-order valence-electron chi connectivity index (χ1n) is 5.67. The maximum atomic E-state index is 11.3. The zero-order valence-electron chi connectivity index (χ0n) is 9.10. The van der Waals surface area contributed by atoms with Crippen LogP contribution in [0.15, 0.2) is 0 Å². The third-order valence-corrected chi connectivity index (χ3v) is 3.75. The van der Waals surface area contributed by atoms with E-state index in [-0.39, 0.29) is 17.5 Å². The minimum Gasteiger partial charge on any atom is -0.353 e. The van der Waals surface area contributed by atoms with Crippen molar-refractivity contribution in [3.63, 3.8) is 0 Å². The Bertz CT molecular complexity index is 231. The number of rotatable bonds is 0. The Morgan fingerprint density at radius 1 is 1.29 bits per heavy atom. The highest BCUT2D eigenvalue weighted by Crippen LogP contribution is 2.32. The molecule has 0 aromatic rings. The number of hydrogen-bond donors (Lipinski definition) is 2. The van der Waals surface area contributed by atoms with Gasteiger partial charge in [-0.3, -0.25) is 10.1 Å². The molecule has 2 N–H and O–H groups in total. The van der Waals surface area contributed by atoms with Crippen molar-refractivity contribution < 1.29 is 4.79 Å². The van der Waals surface area contributed by atoms with E-state index in [1.165, 1.54) is 25.7 Å². The molecule has 2 fully saturated rings. The summed E-state index contributed by atoms with van der Waals surface area (Å²) in [5.74, 6) is 1.00. The van der Waals surface area contributed by atoms with Crippen LogP contribution in [0.3, 0.4) is 0 Å². The molecule has 0 bridgehead atoms. The molecular formula is C11H20N2O. The first-order chi connectivity index (χ1) is 6.61. The van der Waals surface area contributed by atoms with E-state index >= 15 is 0 Å². The van der Waals surface area contributed by atoms with Gasteiger partial charge < -0.3 is 5.32 Å². The van der Waals surface area contributed by atoms with Crippen LogP contribution in [-0.4, -0.2) is 24.0 Å². The van der Waals surface area contributed by atoms with Gasteiger partial charge in [0.2, 0.25) is 5.91 Å². The van der Waals surface area contributed by atoms with Gasteiger partial charge in [-0.15, -0.1) is 0 Å². The van der Waals surface area contributed by atoms with Crippen LogP contribution in [0.25, 0.3) is 0 Å². The smallest absolute Gasteiger partial charge is 0.236 e. The third-order valence-electron chi connectivity index (χ3n) is 3.75. The molecule has 1 spiro atoms. The van der Waals surface area contributed by atoms with Crippen LogP contribution in [0, 0.1) is 5.92 Å². The molecule has 14 heavy (non-hydrogen) atoms. The van der Waals surface area contributed by atoms with Crippen molar-refractivity contribution in [2.45, 2.75) is 51.1 Å². The van der Waals surface area contributed by atoms with Gasteiger partial charge >= 0.3 is 0 Å². The maximum Gasteiger partial charge on any atom is 0.236 e. The lowest BCUT2D eigenvalue weighted by atomic mass is 9.76. The summed E-state index contributed by atoms with van der Waals surface area (Å²) in [6.07, 6.45) is 4.99. The van der Waals surface area contributed by atoms with E-state index in [0.717, 1.165) is 12.5 Å². The standard InChI is InChI=1S/C11H20N2O/c1-8-3-5-11(6-4-8)7-12-10(14)9(2)13-11/h8-9,13H,3-7H2,1-2H3,(H,12,14)/t8?,9-,11?/m1/s1. The molecule has 1 amide bonds. The maximum absolute atomic E-state index is 11.3. The lowest BCUT2D eigenvalue weighted by Crippen LogP contribution is -2.66. The van der Waals surface area contributed by atoms with E-state index in [1.54, 1.807) is 0 Å². The fourth-order valence-corrected chi connectivity index (χ4v) is 2.62. The van der Waals surface area contributed by atoms with E-state index in [1.807, 2.05) is 6.92 Å². The van der Waals surface area contributed by atoms with Crippen LogP contribution in [0.1, 0.15) is 39.5 Å². The van der Waals surface area contributed by atoms with E-state index in [2.05, 4.69) is 17.6 Å². The highest BCUT2D eigenvalue weighted by atomic mass is 16.2. The number of carbonyl (C=O) groups excluding carboxylic acids is 1. The predicted molar refractivity (Wildman–Crippen MR) is 56.0 cm³/mol. The monoisotopic (exact) mass is 196 g/mol. The summed E-state index contributed by atoms with van der Waals surface area (Å²) < 4.78 is 0. The molecule has 3 heteroatoms. The second kappa shape index (κ2) is 3.54. The lowest BCUT2D eigenvalue weighted by Gasteiger charge is -2.45. The van der Waals surface area contributed by atoms with E-state index in [0.29, 0.717) is 0 Å². The Kier molecular flexibility index (Phi) is 2.52. The Balaban J connectivity index is 2.00. The normalized spacial score (nSPS) is 43.7. The van der Waals surface area contributed by atoms with Crippen molar-refractivity contribution in [2.24, 2.45) is 5.92 Å². The number of hydrogen-bond acceptors (Lipinski definition) is 2. The highest BCUT2D eigenvalue weighted by Gasteiger charge is 2.39. The molecule has 1 aliphatic carbocycles. The molecule has 1 saturated heterocycles. The molecule has 80 valence electrons. The molecule has 2 rings (SSSR count). The van der Waals surface area contributed by atoms with Gasteiger partial charge in [0.15, 0.2) is 0 Å². The molecule has 1 atom stereocenters. The minimum atomic E-state index is -0.0165. The first kappa shape index (κ1) is 9.97. The second-order valence-electron chi connectivity index (χ2n) is 5.05. The zero-order chi connectivity index (χ0) is 10.2. The lowest BCUT2D eigenvalue weighted by molar-refractivity contribution is -0.126. The summed E-state index contributed by atoms with van der Waals surface area (Å²) in [5, 5.41) is 6.50. The Labute approximate surface area is 85.6 Å². The fraction of sp³-hybridized carbons (Fsp3) is 0.909. The molecule has 0 unspecified atom stereocenters. The molecule has 0 aromatic heterocycles. The van der Waals surface area contributed by atoms with Crippen molar-refractivity contribution in [1.29, 1.82) is 0 Å². The first-order valence-corrected chi connectivity index (χ1v) is 5.67. The molecule has 2 aliphatic rings. The molecule has 3 nitrogen and oxygen atoms in total. The van der Waals surface area contributed by atoms with Gasteiger partial charge in [-0.2, -0.15) is 0 Å². The van der Waals surface area contributed by atoms with E-state index < -0.39 is 0 Å². The van der Waals surface area contributed by atoms with Crippen LogP contribution in [-0.2, 0) is 4.79 Å².